The lowest BCUT2D eigenvalue weighted by Gasteiger charge is -2.65. The molecule has 0 aromatic rings. The molecule has 4 aliphatic rings. The van der Waals surface area contributed by atoms with Crippen LogP contribution in [-0.2, 0) is 0 Å². The van der Waals surface area contributed by atoms with Crippen LogP contribution in [0.25, 0.3) is 0 Å². The quantitative estimate of drug-likeness (QED) is 0.772. The van der Waals surface area contributed by atoms with Gasteiger partial charge in [0.2, 0.25) is 0 Å². The van der Waals surface area contributed by atoms with E-state index >= 15 is 0 Å². The summed E-state index contributed by atoms with van der Waals surface area (Å²) in [5.74, 6) is 2.11. The molecule has 4 aliphatic carbocycles. The van der Waals surface area contributed by atoms with Crippen LogP contribution in [0.2, 0.25) is 0 Å². The summed E-state index contributed by atoms with van der Waals surface area (Å²) in [5, 5.41) is 20.4. The summed E-state index contributed by atoms with van der Waals surface area (Å²) in [6.07, 6.45) is 11.3. The molecule has 0 aromatic carbocycles. The molecule has 7 atom stereocenters. The van der Waals surface area contributed by atoms with Crippen LogP contribution in [0.15, 0.2) is 0 Å². The smallest absolute Gasteiger partial charge is 0.0568 e. The molecule has 2 N–H and O–H groups in total. The molecule has 0 amide bonds. The van der Waals surface area contributed by atoms with E-state index in [4.69, 9.17) is 0 Å². The Morgan fingerprint density at radius 1 is 1.05 bits per heavy atom. The zero-order valence-corrected chi connectivity index (χ0v) is 13.8. The third-order valence-corrected chi connectivity index (χ3v) is 8.78. The fraction of sp³-hybridized carbons (Fsp3) is 1.00. The van der Waals surface area contributed by atoms with Gasteiger partial charge in [-0.25, -0.2) is 0 Å². The third kappa shape index (κ3) is 1.67. The Balaban J connectivity index is 1.76. The standard InChI is InChI=1S/C19H32O2/c1-17(12-20)7-3-8-18(2)16(17)5-4-14-10-13-11-19(14,18)9-6-15(13)21/h13-16,20-21H,3-12H2,1-2H3/t13-,14+,15-,16+,17+,18+,19+/m1/s1. The summed E-state index contributed by atoms with van der Waals surface area (Å²) in [6, 6.07) is 0. The Morgan fingerprint density at radius 2 is 1.86 bits per heavy atom. The van der Waals surface area contributed by atoms with Crippen molar-refractivity contribution < 1.29 is 10.2 Å². The lowest BCUT2D eigenvalue weighted by atomic mass is 9.40. The highest BCUT2D eigenvalue weighted by molar-refractivity contribution is 5.16. The maximum atomic E-state index is 10.3. The van der Waals surface area contributed by atoms with E-state index in [1.807, 2.05) is 0 Å². The Morgan fingerprint density at radius 3 is 2.62 bits per heavy atom. The van der Waals surface area contributed by atoms with Crippen molar-refractivity contribution in [3.63, 3.8) is 0 Å². The van der Waals surface area contributed by atoms with Crippen LogP contribution < -0.4 is 0 Å². The number of hydrogen-bond donors (Lipinski definition) is 2. The Hall–Kier alpha value is -0.0800. The number of fused-ring (bicyclic) bond motifs is 2. The van der Waals surface area contributed by atoms with Gasteiger partial charge in [0.1, 0.15) is 0 Å². The first-order valence-corrected chi connectivity index (χ1v) is 9.24. The van der Waals surface area contributed by atoms with E-state index in [9.17, 15) is 10.2 Å². The topological polar surface area (TPSA) is 40.5 Å². The van der Waals surface area contributed by atoms with Gasteiger partial charge in [-0.2, -0.15) is 0 Å². The highest BCUT2D eigenvalue weighted by Gasteiger charge is 2.67. The van der Waals surface area contributed by atoms with Crippen molar-refractivity contribution in [2.24, 2.45) is 34.0 Å². The van der Waals surface area contributed by atoms with Crippen molar-refractivity contribution in [1.82, 2.24) is 0 Å². The molecule has 21 heavy (non-hydrogen) atoms. The first-order valence-electron chi connectivity index (χ1n) is 9.24. The molecule has 0 unspecified atom stereocenters. The van der Waals surface area contributed by atoms with Crippen LogP contribution in [0.5, 0.6) is 0 Å². The van der Waals surface area contributed by atoms with E-state index in [1.54, 1.807) is 0 Å². The highest BCUT2D eigenvalue weighted by Crippen LogP contribution is 2.74. The molecule has 0 radical (unpaired) electrons. The largest absolute Gasteiger partial charge is 0.396 e. The normalized spacial score (nSPS) is 59.4. The predicted molar refractivity (Wildman–Crippen MR) is 83.8 cm³/mol. The van der Waals surface area contributed by atoms with Crippen molar-refractivity contribution >= 4 is 0 Å². The Bertz CT molecular complexity index is 435. The van der Waals surface area contributed by atoms with Crippen LogP contribution in [0.1, 0.15) is 71.6 Å². The van der Waals surface area contributed by atoms with Gasteiger partial charge < -0.3 is 10.2 Å². The number of rotatable bonds is 1. The average molecular weight is 292 g/mol. The zero-order valence-electron chi connectivity index (χ0n) is 13.8. The van der Waals surface area contributed by atoms with Crippen LogP contribution in [0.3, 0.4) is 0 Å². The fourth-order valence-electron chi connectivity index (χ4n) is 7.73. The van der Waals surface area contributed by atoms with E-state index in [1.165, 1.54) is 51.4 Å². The second-order valence-electron chi connectivity index (χ2n) is 9.37. The molecule has 4 rings (SSSR count). The molecule has 1 spiro atoms. The number of aliphatic hydroxyl groups excluding tert-OH is 2. The Labute approximate surface area is 129 Å². The molecule has 120 valence electrons. The molecular weight excluding hydrogens is 260 g/mol. The highest BCUT2D eigenvalue weighted by atomic mass is 16.3. The minimum atomic E-state index is -0.0314. The number of aliphatic hydroxyl groups is 2. The van der Waals surface area contributed by atoms with Crippen molar-refractivity contribution in [3.05, 3.63) is 0 Å². The maximum absolute atomic E-state index is 10.3. The molecule has 0 saturated heterocycles. The Kier molecular flexibility index (Phi) is 3.09. The average Bonchev–Trinajstić information content (AvgIpc) is 2.79. The van der Waals surface area contributed by atoms with Gasteiger partial charge in [0.25, 0.3) is 0 Å². The van der Waals surface area contributed by atoms with E-state index in [0.717, 1.165) is 12.3 Å². The van der Waals surface area contributed by atoms with Crippen molar-refractivity contribution in [3.8, 4) is 0 Å². The zero-order chi connectivity index (χ0) is 14.9. The number of hydrogen-bond acceptors (Lipinski definition) is 2. The van der Waals surface area contributed by atoms with Crippen molar-refractivity contribution in [2.75, 3.05) is 6.61 Å². The van der Waals surface area contributed by atoms with Gasteiger partial charge in [0, 0.05) is 6.61 Å². The van der Waals surface area contributed by atoms with E-state index in [0.29, 0.717) is 29.3 Å². The summed E-state index contributed by atoms with van der Waals surface area (Å²) < 4.78 is 0. The summed E-state index contributed by atoms with van der Waals surface area (Å²) in [7, 11) is 0. The van der Waals surface area contributed by atoms with Gasteiger partial charge >= 0.3 is 0 Å². The van der Waals surface area contributed by atoms with Gasteiger partial charge in [-0.3, -0.25) is 0 Å². The maximum Gasteiger partial charge on any atom is 0.0568 e. The first-order chi connectivity index (χ1) is 9.95. The second kappa shape index (κ2) is 4.47. The molecule has 0 heterocycles. The molecule has 2 heteroatoms. The lowest BCUT2D eigenvalue weighted by Crippen LogP contribution is -2.58. The minimum Gasteiger partial charge on any atom is -0.396 e. The molecule has 2 nitrogen and oxygen atoms in total. The SMILES string of the molecule is C[C@@]1(CO)CCC[C@@]2(C)[C@H]1CC[C@H]1C[C@@H]3C[C@@]12CC[C@H]3O. The molecule has 0 aromatic heterocycles. The lowest BCUT2D eigenvalue weighted by molar-refractivity contribution is -0.175. The fourth-order valence-corrected chi connectivity index (χ4v) is 7.73. The summed E-state index contributed by atoms with van der Waals surface area (Å²) in [6.45, 7) is 5.27. The monoisotopic (exact) mass is 292 g/mol. The van der Waals surface area contributed by atoms with Gasteiger partial charge in [0.15, 0.2) is 0 Å². The molecule has 4 fully saturated rings. The van der Waals surface area contributed by atoms with E-state index in [2.05, 4.69) is 13.8 Å². The summed E-state index contributed by atoms with van der Waals surface area (Å²) in [4.78, 5) is 0. The van der Waals surface area contributed by atoms with Crippen molar-refractivity contribution in [1.29, 1.82) is 0 Å². The minimum absolute atomic E-state index is 0.0314. The van der Waals surface area contributed by atoms with Gasteiger partial charge in [-0.1, -0.05) is 20.3 Å². The van der Waals surface area contributed by atoms with E-state index < -0.39 is 0 Å². The van der Waals surface area contributed by atoms with Crippen LogP contribution >= 0.6 is 0 Å². The second-order valence-corrected chi connectivity index (χ2v) is 9.37. The van der Waals surface area contributed by atoms with Gasteiger partial charge in [-0.15, -0.1) is 0 Å². The van der Waals surface area contributed by atoms with Crippen LogP contribution in [0.4, 0.5) is 0 Å². The molecular formula is C19H32O2. The molecule has 0 aliphatic heterocycles. The first kappa shape index (κ1) is 14.5. The van der Waals surface area contributed by atoms with Crippen molar-refractivity contribution in [2.45, 2.75) is 77.7 Å². The molecule has 4 saturated carbocycles. The van der Waals surface area contributed by atoms with E-state index in [-0.39, 0.29) is 11.5 Å². The molecule has 2 bridgehead atoms. The van der Waals surface area contributed by atoms with Gasteiger partial charge in [-0.05, 0) is 85.4 Å². The summed E-state index contributed by atoms with van der Waals surface area (Å²) >= 11 is 0. The third-order valence-electron chi connectivity index (χ3n) is 8.78. The van der Waals surface area contributed by atoms with Crippen LogP contribution in [0, 0.1) is 34.0 Å². The summed E-state index contributed by atoms with van der Waals surface area (Å²) in [5.41, 5.74) is 1.03. The van der Waals surface area contributed by atoms with Gasteiger partial charge in [0.05, 0.1) is 6.10 Å². The van der Waals surface area contributed by atoms with Crippen LogP contribution in [-0.4, -0.2) is 22.9 Å². The predicted octanol–water partition coefficient (Wildman–Crippen LogP) is 3.75.